The van der Waals surface area contributed by atoms with Crippen LogP contribution in [0.4, 0.5) is 0 Å². The van der Waals surface area contributed by atoms with Crippen molar-refractivity contribution in [3.05, 3.63) is 63.7 Å². The van der Waals surface area contributed by atoms with E-state index in [1.165, 1.54) is 12.1 Å². The highest BCUT2D eigenvalue weighted by atomic mass is 127. The summed E-state index contributed by atoms with van der Waals surface area (Å²) in [5.74, 6) is -0.601. The van der Waals surface area contributed by atoms with Crippen molar-refractivity contribution in [1.29, 1.82) is 0 Å². The number of carbonyl (C=O) groups is 1. The fourth-order valence-corrected chi connectivity index (χ4v) is 3.81. The maximum absolute atomic E-state index is 12.7. The van der Waals surface area contributed by atoms with E-state index in [9.17, 15) is 13.2 Å². The molecule has 0 aromatic heterocycles. The van der Waals surface area contributed by atoms with Crippen molar-refractivity contribution >= 4 is 38.6 Å². The zero-order valence-corrected chi connectivity index (χ0v) is 17.9. The minimum atomic E-state index is -3.85. The number of sulfonamides is 1. The van der Waals surface area contributed by atoms with Crippen LogP contribution in [-0.4, -0.2) is 26.0 Å². The van der Waals surface area contributed by atoms with Gasteiger partial charge in [0.05, 0.1) is 4.90 Å². The zero-order chi connectivity index (χ0) is 19.4. The van der Waals surface area contributed by atoms with Gasteiger partial charge in [0, 0.05) is 3.57 Å². The van der Waals surface area contributed by atoms with Gasteiger partial charge in [-0.05, 0) is 79.6 Å². The summed E-state index contributed by atoms with van der Waals surface area (Å²) in [6, 6.07) is 14.7. The van der Waals surface area contributed by atoms with Gasteiger partial charge in [0.25, 0.3) is 0 Å². The van der Waals surface area contributed by atoms with Gasteiger partial charge in [-0.1, -0.05) is 30.3 Å². The van der Waals surface area contributed by atoms with Gasteiger partial charge in [0.1, 0.15) is 11.6 Å². The molecule has 0 aliphatic rings. The van der Waals surface area contributed by atoms with Gasteiger partial charge in [0.15, 0.2) is 0 Å². The number of rotatable bonds is 6. The second-order valence-electron chi connectivity index (χ2n) is 6.85. The molecule has 7 heteroatoms. The van der Waals surface area contributed by atoms with Gasteiger partial charge in [-0.2, -0.15) is 4.72 Å². The van der Waals surface area contributed by atoms with Crippen LogP contribution >= 0.6 is 22.6 Å². The van der Waals surface area contributed by atoms with Crippen molar-refractivity contribution in [3.63, 3.8) is 0 Å². The SMILES string of the molecule is CC(C)(C)OC(=O)[C@@H](Cc1ccccc1)NS(=O)(=O)c1ccc(I)cc1. The van der Waals surface area contributed by atoms with Crippen LogP contribution in [0.2, 0.25) is 0 Å². The van der Waals surface area contributed by atoms with Crippen LogP contribution in [0, 0.1) is 3.57 Å². The van der Waals surface area contributed by atoms with Crippen LogP contribution in [0.1, 0.15) is 26.3 Å². The van der Waals surface area contributed by atoms with Crippen molar-refractivity contribution in [1.82, 2.24) is 4.72 Å². The molecule has 2 aromatic rings. The molecule has 2 aromatic carbocycles. The van der Waals surface area contributed by atoms with Crippen molar-refractivity contribution in [2.75, 3.05) is 0 Å². The molecule has 0 saturated heterocycles. The van der Waals surface area contributed by atoms with Crippen molar-refractivity contribution in [3.8, 4) is 0 Å². The molecule has 0 fully saturated rings. The Hall–Kier alpha value is -1.45. The van der Waals surface area contributed by atoms with Crippen LogP contribution in [0.3, 0.4) is 0 Å². The molecular formula is C19H22INO4S. The third-order valence-electron chi connectivity index (χ3n) is 3.40. The minimum Gasteiger partial charge on any atom is -0.459 e. The number of carbonyl (C=O) groups excluding carboxylic acids is 1. The standard InChI is InChI=1S/C19H22INO4S/c1-19(2,3)25-18(22)17(13-14-7-5-4-6-8-14)21-26(23,24)16-11-9-15(20)10-12-16/h4-12,17,21H,13H2,1-3H3/t17-/m1/s1. The molecule has 2 rings (SSSR count). The maximum atomic E-state index is 12.7. The summed E-state index contributed by atoms with van der Waals surface area (Å²) in [7, 11) is -3.85. The van der Waals surface area contributed by atoms with E-state index in [4.69, 9.17) is 4.74 Å². The van der Waals surface area contributed by atoms with Crippen LogP contribution in [0.5, 0.6) is 0 Å². The molecule has 1 atom stereocenters. The molecule has 5 nitrogen and oxygen atoms in total. The first-order valence-electron chi connectivity index (χ1n) is 8.11. The fourth-order valence-electron chi connectivity index (χ4n) is 2.26. The Morgan fingerprint density at radius 2 is 1.65 bits per heavy atom. The third kappa shape index (κ3) is 6.37. The predicted octanol–water partition coefficient (Wildman–Crippen LogP) is 3.52. The normalized spacial score (nSPS) is 13.2. The van der Waals surface area contributed by atoms with Crippen LogP contribution in [0.25, 0.3) is 0 Å². The lowest BCUT2D eigenvalue weighted by Gasteiger charge is -2.24. The summed E-state index contributed by atoms with van der Waals surface area (Å²) in [5, 5.41) is 0. The first kappa shape index (κ1) is 20.9. The Balaban J connectivity index is 2.27. The van der Waals surface area contributed by atoms with E-state index >= 15 is 0 Å². The van der Waals surface area contributed by atoms with E-state index in [0.29, 0.717) is 0 Å². The number of nitrogens with one attached hydrogen (secondary N) is 1. The average molecular weight is 487 g/mol. The Morgan fingerprint density at radius 3 is 2.19 bits per heavy atom. The average Bonchev–Trinajstić information content (AvgIpc) is 2.54. The number of hydrogen-bond acceptors (Lipinski definition) is 4. The number of benzene rings is 2. The molecule has 0 spiro atoms. The lowest BCUT2D eigenvalue weighted by molar-refractivity contribution is -0.156. The largest absolute Gasteiger partial charge is 0.459 e. The van der Waals surface area contributed by atoms with E-state index in [0.717, 1.165) is 9.13 Å². The number of esters is 1. The predicted molar refractivity (Wildman–Crippen MR) is 109 cm³/mol. The van der Waals surface area contributed by atoms with E-state index in [1.54, 1.807) is 32.9 Å². The van der Waals surface area contributed by atoms with Crippen molar-refractivity contribution < 1.29 is 17.9 Å². The highest BCUT2D eigenvalue weighted by molar-refractivity contribution is 14.1. The van der Waals surface area contributed by atoms with Crippen LogP contribution in [-0.2, 0) is 26.0 Å². The van der Waals surface area contributed by atoms with Crippen LogP contribution < -0.4 is 4.72 Å². The number of hydrogen-bond donors (Lipinski definition) is 1. The first-order valence-corrected chi connectivity index (χ1v) is 10.7. The van der Waals surface area contributed by atoms with Gasteiger partial charge < -0.3 is 4.74 Å². The second kappa shape index (κ2) is 8.49. The summed E-state index contributed by atoms with van der Waals surface area (Å²) >= 11 is 2.10. The van der Waals surface area contributed by atoms with Gasteiger partial charge in [-0.15, -0.1) is 0 Å². The quantitative estimate of drug-likeness (QED) is 0.500. The van der Waals surface area contributed by atoms with Gasteiger partial charge in [-0.3, -0.25) is 4.79 Å². The molecule has 0 radical (unpaired) electrons. The molecule has 0 heterocycles. The molecule has 140 valence electrons. The number of ether oxygens (including phenoxy) is 1. The Bertz CT molecular complexity index is 843. The summed E-state index contributed by atoms with van der Waals surface area (Å²) in [5.41, 5.74) is 0.133. The van der Waals surface area contributed by atoms with Crippen molar-refractivity contribution in [2.45, 2.75) is 43.7 Å². The van der Waals surface area contributed by atoms with E-state index in [2.05, 4.69) is 27.3 Å². The molecule has 0 amide bonds. The smallest absolute Gasteiger partial charge is 0.325 e. The zero-order valence-electron chi connectivity index (χ0n) is 14.9. The minimum absolute atomic E-state index is 0.111. The van der Waals surface area contributed by atoms with E-state index in [-0.39, 0.29) is 11.3 Å². The molecule has 1 N–H and O–H groups in total. The third-order valence-corrected chi connectivity index (χ3v) is 5.60. The Labute approximate surface area is 168 Å². The maximum Gasteiger partial charge on any atom is 0.325 e. The molecule has 0 bridgehead atoms. The highest BCUT2D eigenvalue weighted by Gasteiger charge is 2.30. The van der Waals surface area contributed by atoms with Gasteiger partial charge >= 0.3 is 5.97 Å². The molecule has 0 saturated carbocycles. The van der Waals surface area contributed by atoms with E-state index in [1.807, 2.05) is 30.3 Å². The first-order chi connectivity index (χ1) is 12.1. The molecule has 26 heavy (non-hydrogen) atoms. The summed E-state index contributed by atoms with van der Waals surface area (Å²) < 4.78 is 34.2. The lowest BCUT2D eigenvalue weighted by atomic mass is 10.1. The highest BCUT2D eigenvalue weighted by Crippen LogP contribution is 2.16. The van der Waals surface area contributed by atoms with Crippen LogP contribution in [0.15, 0.2) is 59.5 Å². The van der Waals surface area contributed by atoms with Gasteiger partial charge in [-0.25, -0.2) is 8.42 Å². The molecule has 0 aliphatic carbocycles. The lowest BCUT2D eigenvalue weighted by Crippen LogP contribution is -2.45. The summed E-state index contributed by atoms with van der Waals surface area (Å²) in [6.45, 7) is 5.24. The fraction of sp³-hybridized carbons (Fsp3) is 0.316. The molecule has 0 unspecified atom stereocenters. The summed E-state index contributed by atoms with van der Waals surface area (Å²) in [6.07, 6.45) is 0.208. The topological polar surface area (TPSA) is 72.5 Å². The Kier molecular flexibility index (Phi) is 6.81. The van der Waals surface area contributed by atoms with E-state index < -0.39 is 27.6 Å². The van der Waals surface area contributed by atoms with Gasteiger partial charge in [0.2, 0.25) is 10.0 Å². The monoisotopic (exact) mass is 487 g/mol. The molecule has 0 aliphatic heterocycles. The Morgan fingerprint density at radius 1 is 1.08 bits per heavy atom. The number of halogens is 1. The second-order valence-corrected chi connectivity index (χ2v) is 9.81. The van der Waals surface area contributed by atoms with Crippen molar-refractivity contribution in [2.24, 2.45) is 0 Å². The summed E-state index contributed by atoms with van der Waals surface area (Å²) in [4.78, 5) is 12.7. The molecular weight excluding hydrogens is 465 g/mol.